The molecule has 2 aliphatic rings. The number of rotatable bonds is 4. The highest BCUT2D eigenvalue weighted by Gasteiger charge is 2.38. The molecule has 0 bridgehead atoms. The molecule has 0 spiro atoms. The number of hydrogen-bond acceptors (Lipinski definition) is 4. The Morgan fingerprint density at radius 1 is 1.00 bits per heavy atom. The molecule has 2 aromatic carbocycles. The summed E-state index contributed by atoms with van der Waals surface area (Å²) in [6.45, 7) is 3.76. The van der Waals surface area contributed by atoms with Gasteiger partial charge in [-0.15, -0.1) is 0 Å². The first kappa shape index (κ1) is 20.1. The van der Waals surface area contributed by atoms with E-state index in [1.54, 1.807) is 21.9 Å². The molecule has 2 amide bonds. The molecule has 156 valence electrons. The molecule has 7 heteroatoms. The lowest BCUT2D eigenvalue weighted by atomic mass is 10.1. The monoisotopic (exact) mass is 409 g/mol. The molecule has 0 aromatic heterocycles. The molecule has 0 radical (unpaired) electrons. The van der Waals surface area contributed by atoms with Gasteiger partial charge in [0.05, 0.1) is 11.6 Å². The highest BCUT2D eigenvalue weighted by Crippen LogP contribution is 2.27. The van der Waals surface area contributed by atoms with Crippen LogP contribution in [0.4, 0.5) is 15.8 Å². The number of halogens is 1. The van der Waals surface area contributed by atoms with Gasteiger partial charge in [-0.3, -0.25) is 14.4 Å². The molecule has 2 heterocycles. The molecule has 2 aromatic rings. The molecule has 0 saturated carbocycles. The van der Waals surface area contributed by atoms with Crippen molar-refractivity contribution >= 4 is 29.0 Å². The van der Waals surface area contributed by atoms with E-state index in [0.717, 1.165) is 5.69 Å². The fourth-order valence-corrected chi connectivity index (χ4v) is 4.14. The van der Waals surface area contributed by atoms with Crippen LogP contribution >= 0.6 is 0 Å². The average molecular weight is 409 g/mol. The quantitative estimate of drug-likeness (QED) is 0.729. The SMILES string of the molecule is CC(=O)c1ccc(N2CCN(C(=O)C3CC(=O)N(c4ccccc4)C3)CC2)c(F)c1. The van der Waals surface area contributed by atoms with Gasteiger partial charge in [-0.1, -0.05) is 18.2 Å². The Labute approximate surface area is 174 Å². The zero-order valence-corrected chi connectivity index (χ0v) is 16.9. The van der Waals surface area contributed by atoms with Crippen LogP contribution in [0.3, 0.4) is 0 Å². The zero-order valence-electron chi connectivity index (χ0n) is 16.9. The van der Waals surface area contributed by atoms with E-state index in [9.17, 15) is 18.8 Å². The number of Topliss-reactive ketones (excluding diaryl/α,β-unsaturated/α-hetero) is 1. The van der Waals surface area contributed by atoms with Crippen LogP contribution in [0.1, 0.15) is 23.7 Å². The number of carbonyl (C=O) groups is 3. The van der Waals surface area contributed by atoms with E-state index in [0.29, 0.717) is 44.0 Å². The standard InChI is InChI=1S/C23H24FN3O3/c1-16(28)17-7-8-21(20(24)13-17)25-9-11-26(12-10-25)23(30)18-14-22(29)27(15-18)19-5-3-2-4-6-19/h2-8,13,18H,9-12,14-15H2,1H3. The van der Waals surface area contributed by atoms with Gasteiger partial charge in [-0.2, -0.15) is 0 Å². The van der Waals surface area contributed by atoms with Crippen molar-refractivity contribution in [3.63, 3.8) is 0 Å². The van der Waals surface area contributed by atoms with Crippen molar-refractivity contribution in [3.8, 4) is 0 Å². The van der Waals surface area contributed by atoms with Crippen LogP contribution < -0.4 is 9.80 Å². The lowest BCUT2D eigenvalue weighted by molar-refractivity contribution is -0.136. The summed E-state index contributed by atoms with van der Waals surface area (Å²) in [6.07, 6.45) is 0.217. The van der Waals surface area contributed by atoms with Crippen LogP contribution in [0.15, 0.2) is 48.5 Å². The molecule has 30 heavy (non-hydrogen) atoms. The summed E-state index contributed by atoms with van der Waals surface area (Å²) in [4.78, 5) is 42.1. The van der Waals surface area contributed by atoms with Crippen LogP contribution in [0.5, 0.6) is 0 Å². The number of benzene rings is 2. The molecule has 1 unspecified atom stereocenters. The van der Waals surface area contributed by atoms with Gasteiger partial charge in [0, 0.05) is 50.4 Å². The van der Waals surface area contributed by atoms with Gasteiger partial charge >= 0.3 is 0 Å². The maximum absolute atomic E-state index is 14.4. The highest BCUT2D eigenvalue weighted by molar-refractivity contribution is 6.00. The molecule has 0 N–H and O–H groups in total. The third-order valence-corrected chi connectivity index (χ3v) is 5.83. The Morgan fingerprint density at radius 3 is 2.33 bits per heavy atom. The minimum atomic E-state index is -0.428. The number of anilines is 2. The summed E-state index contributed by atoms with van der Waals surface area (Å²) in [7, 11) is 0. The second kappa shape index (κ2) is 8.26. The molecule has 0 aliphatic carbocycles. The van der Waals surface area contributed by atoms with Crippen molar-refractivity contribution in [2.24, 2.45) is 5.92 Å². The van der Waals surface area contributed by atoms with E-state index in [2.05, 4.69) is 0 Å². The zero-order chi connectivity index (χ0) is 21.3. The molecule has 6 nitrogen and oxygen atoms in total. The van der Waals surface area contributed by atoms with Crippen molar-refractivity contribution in [3.05, 3.63) is 59.9 Å². The van der Waals surface area contributed by atoms with E-state index in [1.807, 2.05) is 35.2 Å². The number of piperazine rings is 1. The lowest BCUT2D eigenvalue weighted by Crippen LogP contribution is -2.51. The fraction of sp³-hybridized carbons (Fsp3) is 0.348. The number of para-hydroxylation sites is 1. The minimum Gasteiger partial charge on any atom is -0.366 e. The second-order valence-corrected chi connectivity index (χ2v) is 7.78. The summed E-state index contributed by atoms with van der Waals surface area (Å²) in [5.74, 6) is -1.01. The Hall–Kier alpha value is -3.22. The van der Waals surface area contributed by atoms with Crippen molar-refractivity contribution in [1.82, 2.24) is 4.90 Å². The van der Waals surface area contributed by atoms with Crippen LogP contribution in [0, 0.1) is 11.7 Å². The first-order valence-corrected chi connectivity index (χ1v) is 10.1. The topological polar surface area (TPSA) is 60.9 Å². The Morgan fingerprint density at radius 2 is 1.70 bits per heavy atom. The van der Waals surface area contributed by atoms with Gasteiger partial charge < -0.3 is 14.7 Å². The second-order valence-electron chi connectivity index (χ2n) is 7.78. The van der Waals surface area contributed by atoms with E-state index in [-0.39, 0.29) is 29.9 Å². The summed E-state index contributed by atoms with van der Waals surface area (Å²) < 4.78 is 14.4. The van der Waals surface area contributed by atoms with Gasteiger partial charge in [0.15, 0.2) is 5.78 Å². The number of amides is 2. The predicted octanol–water partition coefficient (Wildman–Crippen LogP) is 2.73. The van der Waals surface area contributed by atoms with Crippen LogP contribution in [0.25, 0.3) is 0 Å². The van der Waals surface area contributed by atoms with Crippen LogP contribution in [0.2, 0.25) is 0 Å². The van der Waals surface area contributed by atoms with Gasteiger partial charge in [0.25, 0.3) is 0 Å². The Kier molecular flexibility index (Phi) is 5.53. The Bertz CT molecular complexity index is 971. The fourth-order valence-electron chi connectivity index (χ4n) is 4.14. The maximum atomic E-state index is 14.4. The van der Waals surface area contributed by atoms with Crippen molar-refractivity contribution in [1.29, 1.82) is 0 Å². The van der Waals surface area contributed by atoms with Gasteiger partial charge in [0.2, 0.25) is 11.8 Å². The number of hydrogen-bond donors (Lipinski definition) is 0. The number of carbonyl (C=O) groups excluding carboxylic acids is 3. The molecule has 4 rings (SSSR count). The molecule has 2 fully saturated rings. The van der Waals surface area contributed by atoms with Crippen LogP contribution in [-0.2, 0) is 9.59 Å². The molecular weight excluding hydrogens is 385 g/mol. The van der Waals surface area contributed by atoms with E-state index in [1.165, 1.54) is 13.0 Å². The van der Waals surface area contributed by atoms with Crippen LogP contribution in [-0.4, -0.2) is 55.2 Å². The molecular formula is C23H24FN3O3. The predicted molar refractivity (Wildman–Crippen MR) is 112 cm³/mol. The van der Waals surface area contributed by atoms with E-state index in [4.69, 9.17) is 0 Å². The smallest absolute Gasteiger partial charge is 0.228 e. The van der Waals surface area contributed by atoms with Crippen molar-refractivity contribution in [2.45, 2.75) is 13.3 Å². The number of nitrogens with zero attached hydrogens (tertiary/aromatic N) is 3. The number of ketones is 1. The summed E-state index contributed by atoms with van der Waals surface area (Å²) >= 11 is 0. The summed E-state index contributed by atoms with van der Waals surface area (Å²) in [5, 5.41) is 0. The maximum Gasteiger partial charge on any atom is 0.228 e. The first-order chi connectivity index (χ1) is 14.4. The lowest BCUT2D eigenvalue weighted by Gasteiger charge is -2.37. The Balaban J connectivity index is 1.37. The van der Waals surface area contributed by atoms with E-state index < -0.39 is 5.82 Å². The van der Waals surface area contributed by atoms with Gasteiger partial charge in [0.1, 0.15) is 5.82 Å². The first-order valence-electron chi connectivity index (χ1n) is 10.1. The van der Waals surface area contributed by atoms with Gasteiger partial charge in [-0.05, 0) is 37.3 Å². The molecule has 2 saturated heterocycles. The van der Waals surface area contributed by atoms with Crippen molar-refractivity contribution in [2.75, 3.05) is 42.5 Å². The normalized spacial score (nSPS) is 19.3. The van der Waals surface area contributed by atoms with Crippen molar-refractivity contribution < 1.29 is 18.8 Å². The minimum absolute atomic E-state index is 0.0196. The van der Waals surface area contributed by atoms with Gasteiger partial charge in [-0.25, -0.2) is 4.39 Å². The third-order valence-electron chi connectivity index (χ3n) is 5.83. The highest BCUT2D eigenvalue weighted by atomic mass is 19.1. The third kappa shape index (κ3) is 3.92. The molecule has 1 atom stereocenters. The largest absolute Gasteiger partial charge is 0.366 e. The molecule has 2 aliphatic heterocycles. The van der Waals surface area contributed by atoms with E-state index >= 15 is 0 Å². The summed E-state index contributed by atoms with van der Waals surface area (Å²) in [6, 6.07) is 13.9. The summed E-state index contributed by atoms with van der Waals surface area (Å²) in [5.41, 5.74) is 1.60. The average Bonchev–Trinajstić information content (AvgIpc) is 3.15.